The molecule has 7 heteroatoms. The Bertz CT molecular complexity index is 882. The van der Waals surface area contributed by atoms with Gasteiger partial charge in [-0.1, -0.05) is 29.4 Å². The summed E-state index contributed by atoms with van der Waals surface area (Å²) in [4.78, 5) is 11.0. The summed E-state index contributed by atoms with van der Waals surface area (Å²) in [6.07, 6.45) is 9.40. The smallest absolute Gasteiger partial charge is 0.213 e. The summed E-state index contributed by atoms with van der Waals surface area (Å²) in [6.45, 7) is 1.33. The molecule has 0 aliphatic carbocycles. The van der Waals surface area contributed by atoms with Crippen molar-refractivity contribution in [1.82, 2.24) is 9.88 Å². The van der Waals surface area contributed by atoms with E-state index in [9.17, 15) is 4.39 Å². The lowest BCUT2D eigenvalue weighted by Gasteiger charge is -2.19. The van der Waals surface area contributed by atoms with E-state index in [1.54, 1.807) is 37.2 Å². The molecule has 4 nitrogen and oxygen atoms in total. The second-order valence-corrected chi connectivity index (χ2v) is 7.29. The number of benzene rings is 1. The van der Waals surface area contributed by atoms with Crippen molar-refractivity contribution in [3.8, 4) is 18.2 Å². The van der Waals surface area contributed by atoms with E-state index >= 15 is 0 Å². The van der Waals surface area contributed by atoms with Gasteiger partial charge >= 0.3 is 0 Å². The molecule has 0 spiro atoms. The van der Waals surface area contributed by atoms with Crippen molar-refractivity contribution in [1.29, 1.82) is 0 Å². The summed E-state index contributed by atoms with van der Waals surface area (Å²) in [5.74, 6) is 3.04. The molecule has 2 aromatic rings. The molecule has 1 aliphatic heterocycles. The monoisotopic (exact) mass is 403 g/mol. The molecule has 1 aromatic heterocycles. The zero-order chi connectivity index (χ0) is 19.4. The molecular formula is C20H19ClFN3OS. The lowest BCUT2D eigenvalue weighted by Crippen LogP contribution is -2.26. The van der Waals surface area contributed by atoms with Crippen LogP contribution < -0.4 is 4.74 Å². The molecule has 27 heavy (non-hydrogen) atoms. The summed E-state index contributed by atoms with van der Waals surface area (Å²) < 4.78 is 18.5. The fourth-order valence-corrected chi connectivity index (χ4v) is 4.07. The van der Waals surface area contributed by atoms with Gasteiger partial charge in [0.15, 0.2) is 5.17 Å². The Labute approximate surface area is 167 Å². The van der Waals surface area contributed by atoms with Crippen LogP contribution in [0, 0.1) is 24.1 Å². The first-order valence-electron chi connectivity index (χ1n) is 8.34. The minimum Gasteiger partial charge on any atom is -0.481 e. The quantitative estimate of drug-likeness (QED) is 0.427. The van der Waals surface area contributed by atoms with Crippen LogP contribution in [0.25, 0.3) is 0 Å². The number of halogens is 2. The van der Waals surface area contributed by atoms with E-state index in [1.807, 2.05) is 12.3 Å². The van der Waals surface area contributed by atoms with Crippen molar-refractivity contribution in [2.24, 2.45) is 10.9 Å². The number of methoxy groups -OCH3 is 1. The molecular weight excluding hydrogens is 385 g/mol. The molecule has 140 valence electrons. The summed E-state index contributed by atoms with van der Waals surface area (Å²) in [5.41, 5.74) is 1.61. The highest BCUT2D eigenvalue weighted by molar-refractivity contribution is 8.13. The van der Waals surface area contributed by atoms with Gasteiger partial charge in [0.1, 0.15) is 5.82 Å². The highest BCUT2D eigenvalue weighted by atomic mass is 35.5. The largest absolute Gasteiger partial charge is 0.481 e. The van der Waals surface area contributed by atoms with Crippen LogP contribution in [-0.2, 0) is 0 Å². The van der Waals surface area contributed by atoms with Crippen LogP contribution in [0.5, 0.6) is 5.88 Å². The first kappa shape index (κ1) is 19.5. The molecule has 0 radical (unpaired) electrons. The number of nitrogens with zero attached hydrogens (tertiary/aromatic N) is 3. The van der Waals surface area contributed by atoms with Crippen molar-refractivity contribution in [2.45, 2.75) is 5.92 Å². The molecule has 1 aliphatic rings. The van der Waals surface area contributed by atoms with Gasteiger partial charge in [-0.25, -0.2) is 14.4 Å². The first-order chi connectivity index (χ1) is 13.0. The highest BCUT2D eigenvalue weighted by Gasteiger charge is 2.35. The minimum atomic E-state index is -0.353. The summed E-state index contributed by atoms with van der Waals surface area (Å²) in [6, 6.07) is 8.10. The lowest BCUT2D eigenvalue weighted by atomic mass is 9.89. The standard InChI is InChI=1S/C20H19ClFN3OS/c1-4-13-11-25(12-17(13)16-7-5-14(22)9-18(16)21)20(27-3)24-15-6-8-19(26-2)23-10-15/h1,5-10,13,17H,11-12H2,2-3H3/t13-,17-/m0/s1. The average molecular weight is 404 g/mol. The molecule has 2 atom stereocenters. The van der Waals surface area contributed by atoms with Gasteiger partial charge < -0.3 is 9.64 Å². The van der Waals surface area contributed by atoms with E-state index in [0.717, 1.165) is 16.4 Å². The fourth-order valence-electron chi connectivity index (χ4n) is 3.16. The van der Waals surface area contributed by atoms with Crippen LogP contribution in [0.15, 0.2) is 41.5 Å². The lowest BCUT2D eigenvalue weighted by molar-refractivity contribution is 0.398. The summed E-state index contributed by atoms with van der Waals surface area (Å²) in [5, 5.41) is 1.26. The topological polar surface area (TPSA) is 37.7 Å². The van der Waals surface area contributed by atoms with Crippen LogP contribution in [0.3, 0.4) is 0 Å². The van der Waals surface area contributed by atoms with Crippen molar-refractivity contribution in [2.75, 3.05) is 26.5 Å². The maximum Gasteiger partial charge on any atom is 0.213 e. The van der Waals surface area contributed by atoms with Gasteiger partial charge in [0.25, 0.3) is 0 Å². The predicted octanol–water partition coefficient (Wildman–Crippen LogP) is 4.58. The number of amidine groups is 1. The van der Waals surface area contributed by atoms with Crippen molar-refractivity contribution in [3.63, 3.8) is 0 Å². The fraction of sp³-hybridized carbons (Fsp3) is 0.300. The third kappa shape index (κ3) is 4.37. The predicted molar refractivity (Wildman–Crippen MR) is 109 cm³/mol. The number of aromatic nitrogens is 1. The van der Waals surface area contributed by atoms with E-state index in [-0.39, 0.29) is 17.7 Å². The Balaban J connectivity index is 1.85. The second kappa shape index (κ2) is 8.64. The molecule has 0 N–H and O–H groups in total. The molecule has 0 bridgehead atoms. The van der Waals surface area contributed by atoms with Gasteiger partial charge in [-0.2, -0.15) is 0 Å². The summed E-state index contributed by atoms with van der Waals surface area (Å²) in [7, 11) is 1.57. The molecule has 0 unspecified atom stereocenters. The van der Waals surface area contributed by atoms with Crippen molar-refractivity contribution in [3.05, 3.63) is 52.9 Å². The third-order valence-electron chi connectivity index (χ3n) is 4.50. The third-order valence-corrected chi connectivity index (χ3v) is 5.55. The molecule has 0 saturated carbocycles. The molecule has 0 amide bonds. The van der Waals surface area contributed by atoms with Gasteiger partial charge in [0.2, 0.25) is 5.88 Å². The molecule has 1 saturated heterocycles. The van der Waals surface area contributed by atoms with Gasteiger partial charge in [-0.05, 0) is 30.0 Å². The number of terminal acetylenes is 1. The molecule has 3 rings (SSSR count). The van der Waals surface area contributed by atoms with E-state index in [1.165, 1.54) is 12.1 Å². The molecule has 1 fully saturated rings. The average Bonchev–Trinajstić information content (AvgIpc) is 3.10. The van der Waals surface area contributed by atoms with Gasteiger partial charge in [-0.3, -0.25) is 0 Å². The highest BCUT2D eigenvalue weighted by Crippen LogP contribution is 2.37. The van der Waals surface area contributed by atoms with Crippen molar-refractivity contribution >= 4 is 34.2 Å². The Morgan fingerprint density at radius 1 is 1.41 bits per heavy atom. The first-order valence-corrected chi connectivity index (χ1v) is 9.94. The number of thioether (sulfide) groups is 1. The molecule has 2 heterocycles. The van der Waals surface area contributed by atoms with Gasteiger partial charge in [-0.15, -0.1) is 12.3 Å². The van der Waals surface area contributed by atoms with Crippen LogP contribution in [0.2, 0.25) is 5.02 Å². The number of pyridine rings is 1. The second-order valence-electron chi connectivity index (χ2n) is 6.11. The normalized spacial score (nSPS) is 19.8. The van der Waals surface area contributed by atoms with Crippen LogP contribution in [0.4, 0.5) is 10.1 Å². The van der Waals surface area contributed by atoms with Crippen molar-refractivity contribution < 1.29 is 9.13 Å². The number of likely N-dealkylation sites (tertiary alicyclic amines) is 1. The SMILES string of the molecule is C#C[C@H]1CN(C(=Nc2ccc(OC)nc2)SC)C[C@@H]1c1ccc(F)cc1Cl. The Hall–Kier alpha value is -2.23. The van der Waals surface area contributed by atoms with E-state index < -0.39 is 0 Å². The number of hydrogen-bond acceptors (Lipinski definition) is 4. The van der Waals surface area contributed by atoms with E-state index in [0.29, 0.717) is 24.0 Å². The van der Waals surface area contributed by atoms with E-state index in [4.69, 9.17) is 27.8 Å². The van der Waals surface area contributed by atoms with Gasteiger partial charge in [0.05, 0.1) is 19.0 Å². The Morgan fingerprint density at radius 2 is 2.22 bits per heavy atom. The maximum atomic E-state index is 13.4. The van der Waals surface area contributed by atoms with Crippen LogP contribution in [0.1, 0.15) is 11.5 Å². The van der Waals surface area contributed by atoms with E-state index in [2.05, 4.69) is 15.8 Å². The number of aliphatic imine (C=N–C) groups is 1. The minimum absolute atomic E-state index is 0.0226. The number of ether oxygens (including phenoxy) is 1. The van der Waals surface area contributed by atoms with Crippen LogP contribution >= 0.6 is 23.4 Å². The Morgan fingerprint density at radius 3 is 2.81 bits per heavy atom. The Kier molecular flexibility index (Phi) is 6.25. The van der Waals surface area contributed by atoms with Crippen LogP contribution in [-0.4, -0.2) is 41.5 Å². The zero-order valence-electron chi connectivity index (χ0n) is 15.0. The number of rotatable bonds is 3. The number of hydrogen-bond donors (Lipinski definition) is 0. The molecule has 1 aromatic carbocycles. The zero-order valence-corrected chi connectivity index (χ0v) is 16.6. The maximum absolute atomic E-state index is 13.4. The summed E-state index contributed by atoms with van der Waals surface area (Å²) >= 11 is 7.81. The van der Waals surface area contributed by atoms with Gasteiger partial charge in [0, 0.05) is 36.0 Å².